The summed E-state index contributed by atoms with van der Waals surface area (Å²) in [6, 6.07) is 15.4. The first-order chi connectivity index (χ1) is 17.5. The summed E-state index contributed by atoms with van der Waals surface area (Å²) < 4.78 is 37.7. The van der Waals surface area contributed by atoms with Gasteiger partial charge in [0.05, 0.1) is 33.4 Å². The van der Waals surface area contributed by atoms with E-state index < -0.39 is 21.8 Å². The molecule has 0 heterocycles. The van der Waals surface area contributed by atoms with E-state index in [2.05, 4.69) is 15.5 Å². The second-order valence-corrected chi connectivity index (χ2v) is 9.97. The van der Waals surface area contributed by atoms with E-state index in [0.717, 1.165) is 6.07 Å². The number of halogens is 2. The van der Waals surface area contributed by atoms with Crippen LogP contribution < -0.4 is 44.7 Å². The number of para-hydroxylation sites is 1. The standard InChI is InChI=1S/C25H19Cl2N3O6S.Na/c1-13-20(37(33,34)35)11-10-18(21(13)27)29-30-22-15-7-4-3-6-14(15)12-16(23(22)31)25(32)28-19-9-5-8-17(26)24(19)36-2;/h3-12,31H,1-2H3,(H,28,32)(H,33,34,35);/q;+1/p-1. The third-order valence-corrected chi connectivity index (χ3v) is 7.26. The summed E-state index contributed by atoms with van der Waals surface area (Å²) in [6.07, 6.45) is 0. The fourth-order valence-corrected chi connectivity index (χ4v) is 4.93. The van der Waals surface area contributed by atoms with Crippen LogP contribution >= 0.6 is 23.2 Å². The summed E-state index contributed by atoms with van der Waals surface area (Å²) >= 11 is 12.4. The molecule has 13 heteroatoms. The molecule has 9 nitrogen and oxygen atoms in total. The van der Waals surface area contributed by atoms with Crippen LogP contribution in [0, 0.1) is 6.92 Å². The summed E-state index contributed by atoms with van der Waals surface area (Å²) in [7, 11) is -3.09. The van der Waals surface area contributed by atoms with Crippen molar-refractivity contribution in [2.24, 2.45) is 10.2 Å². The topological polar surface area (TPSA) is 140 Å². The van der Waals surface area contributed by atoms with Crippen molar-refractivity contribution in [1.29, 1.82) is 0 Å². The molecule has 0 saturated carbocycles. The third kappa shape index (κ3) is 5.97. The zero-order valence-corrected chi connectivity index (χ0v) is 24.6. The van der Waals surface area contributed by atoms with E-state index in [9.17, 15) is 22.9 Å². The molecule has 0 fully saturated rings. The summed E-state index contributed by atoms with van der Waals surface area (Å²) in [5.74, 6) is -1.16. The van der Waals surface area contributed by atoms with Crippen molar-refractivity contribution >= 4 is 67.1 Å². The van der Waals surface area contributed by atoms with Crippen LogP contribution in [0.1, 0.15) is 15.9 Å². The average Bonchev–Trinajstić information content (AvgIpc) is 2.85. The first kappa shape index (κ1) is 29.9. The number of carbonyl (C=O) groups excluding carboxylic acids is 1. The Morgan fingerprint density at radius 2 is 1.76 bits per heavy atom. The number of ether oxygens (including phenoxy) is 1. The fraction of sp³-hybridized carbons (Fsp3) is 0.0800. The second-order valence-electron chi connectivity index (χ2n) is 7.79. The van der Waals surface area contributed by atoms with E-state index in [0.29, 0.717) is 10.8 Å². The van der Waals surface area contributed by atoms with Crippen molar-refractivity contribution in [2.45, 2.75) is 11.8 Å². The van der Waals surface area contributed by atoms with E-state index in [-0.39, 0.29) is 78.4 Å². The minimum atomic E-state index is -4.49. The Bertz CT molecular complexity index is 1700. The Balaban J connectivity index is 0.00000400. The molecule has 0 unspecified atom stereocenters. The molecular weight excluding hydrogens is 564 g/mol. The van der Waals surface area contributed by atoms with Gasteiger partial charge in [0, 0.05) is 10.9 Å². The molecule has 1 amide bonds. The Labute approximate surface area is 250 Å². The number of carbonyl (C=O) groups is 1. The largest absolute Gasteiger partial charge is 1.00 e. The molecule has 0 spiro atoms. The Kier molecular flexibility index (Phi) is 9.43. The van der Waals surface area contributed by atoms with Crippen molar-refractivity contribution in [3.63, 3.8) is 0 Å². The van der Waals surface area contributed by atoms with Gasteiger partial charge >= 0.3 is 29.6 Å². The minimum absolute atomic E-state index is 0. The van der Waals surface area contributed by atoms with Gasteiger partial charge in [-0.15, -0.1) is 5.11 Å². The maximum absolute atomic E-state index is 13.4. The molecular formula is C25H18Cl2N3NaO6S. The number of azo groups is 1. The molecule has 2 N–H and O–H groups in total. The van der Waals surface area contributed by atoms with Crippen molar-refractivity contribution in [1.82, 2.24) is 0 Å². The maximum Gasteiger partial charge on any atom is 1.00 e. The minimum Gasteiger partial charge on any atom is -0.870 e. The number of rotatable bonds is 6. The van der Waals surface area contributed by atoms with Crippen LogP contribution in [0.3, 0.4) is 0 Å². The van der Waals surface area contributed by atoms with Crippen LogP contribution in [-0.4, -0.2) is 26.0 Å². The van der Waals surface area contributed by atoms with Gasteiger partial charge in [0.15, 0.2) is 5.75 Å². The molecule has 0 atom stereocenters. The molecule has 190 valence electrons. The summed E-state index contributed by atoms with van der Waals surface area (Å²) in [4.78, 5) is 12.8. The predicted octanol–water partition coefficient (Wildman–Crippen LogP) is 3.46. The third-order valence-electron chi connectivity index (χ3n) is 5.49. The van der Waals surface area contributed by atoms with Gasteiger partial charge in [-0.1, -0.05) is 59.3 Å². The van der Waals surface area contributed by atoms with Crippen molar-refractivity contribution in [2.75, 3.05) is 12.4 Å². The summed E-state index contributed by atoms with van der Waals surface area (Å²) in [5.41, 5.74) is 0.0921. The molecule has 0 aliphatic heterocycles. The van der Waals surface area contributed by atoms with Crippen LogP contribution in [0.15, 0.2) is 75.8 Å². The number of benzene rings is 4. The number of anilines is 1. The number of fused-ring (bicyclic) bond motifs is 1. The molecule has 0 radical (unpaired) electrons. The van der Waals surface area contributed by atoms with Crippen molar-refractivity contribution in [3.8, 4) is 11.5 Å². The van der Waals surface area contributed by atoms with Crippen LogP contribution in [0.2, 0.25) is 10.0 Å². The number of hydrogen-bond donors (Lipinski definition) is 2. The van der Waals surface area contributed by atoms with Gasteiger partial charge in [0.25, 0.3) is 16.0 Å². The van der Waals surface area contributed by atoms with E-state index in [1.807, 2.05) is 0 Å². The van der Waals surface area contributed by atoms with Gasteiger partial charge in [0.2, 0.25) is 0 Å². The number of amides is 1. The molecule has 0 bridgehead atoms. The molecule has 0 aliphatic carbocycles. The summed E-state index contributed by atoms with van der Waals surface area (Å²) in [5, 5.41) is 25.4. The molecule has 0 saturated heterocycles. The van der Waals surface area contributed by atoms with E-state index in [1.54, 1.807) is 42.5 Å². The van der Waals surface area contributed by atoms with Crippen LogP contribution in [0.25, 0.3) is 10.8 Å². The SMILES string of the molecule is COc1c(Cl)cccc1NC(=O)c1cc2ccccc2c(N=Nc2ccc(S(=O)(=O)O)c(C)c2Cl)c1[O-].[Na+]. The molecule has 0 aliphatic rings. The van der Waals surface area contributed by atoms with Gasteiger partial charge < -0.3 is 15.2 Å². The van der Waals surface area contributed by atoms with E-state index in [4.69, 9.17) is 27.9 Å². The van der Waals surface area contributed by atoms with E-state index in [1.165, 1.54) is 26.2 Å². The van der Waals surface area contributed by atoms with Gasteiger partial charge in [-0.25, -0.2) is 0 Å². The number of nitrogens with one attached hydrogen (secondary N) is 1. The Hall–Kier alpha value is -2.70. The Morgan fingerprint density at radius 1 is 1.05 bits per heavy atom. The van der Waals surface area contributed by atoms with Gasteiger partial charge in [-0.2, -0.15) is 13.5 Å². The first-order valence-electron chi connectivity index (χ1n) is 10.6. The molecule has 0 aromatic heterocycles. The van der Waals surface area contributed by atoms with Crippen LogP contribution in [0.5, 0.6) is 11.5 Å². The maximum atomic E-state index is 13.4. The van der Waals surface area contributed by atoms with Gasteiger partial charge in [-0.3, -0.25) is 9.35 Å². The number of nitrogens with zero attached hydrogens (tertiary/aromatic N) is 2. The molecule has 4 aromatic rings. The van der Waals surface area contributed by atoms with E-state index >= 15 is 0 Å². The number of methoxy groups -OCH3 is 1. The van der Waals surface area contributed by atoms with Crippen molar-refractivity contribution < 1.29 is 57.2 Å². The van der Waals surface area contributed by atoms with Crippen molar-refractivity contribution in [3.05, 3.63) is 81.8 Å². The van der Waals surface area contributed by atoms with Crippen LogP contribution in [-0.2, 0) is 10.1 Å². The molecule has 4 aromatic carbocycles. The molecule has 38 heavy (non-hydrogen) atoms. The second kappa shape index (κ2) is 12.0. The fourth-order valence-electron chi connectivity index (χ4n) is 3.70. The summed E-state index contributed by atoms with van der Waals surface area (Å²) in [6.45, 7) is 1.40. The zero-order chi connectivity index (χ0) is 26.9. The molecule has 4 rings (SSSR count). The quantitative estimate of drug-likeness (QED) is 0.203. The van der Waals surface area contributed by atoms with Gasteiger partial charge in [-0.05, 0) is 48.2 Å². The predicted molar refractivity (Wildman–Crippen MR) is 140 cm³/mol. The zero-order valence-electron chi connectivity index (χ0n) is 20.3. The van der Waals surface area contributed by atoms with Crippen LogP contribution in [0.4, 0.5) is 17.1 Å². The average molecular weight is 582 g/mol. The first-order valence-corrected chi connectivity index (χ1v) is 12.8. The monoisotopic (exact) mass is 581 g/mol. The number of hydrogen-bond acceptors (Lipinski definition) is 7. The normalized spacial score (nSPS) is 11.4. The Morgan fingerprint density at radius 3 is 2.45 bits per heavy atom. The smallest absolute Gasteiger partial charge is 0.870 e. The van der Waals surface area contributed by atoms with Gasteiger partial charge in [0.1, 0.15) is 5.69 Å².